The summed E-state index contributed by atoms with van der Waals surface area (Å²) < 4.78 is 14.6. The summed E-state index contributed by atoms with van der Waals surface area (Å²) in [4.78, 5) is 17.9. The summed E-state index contributed by atoms with van der Waals surface area (Å²) in [6.07, 6.45) is 9.22. The molecule has 30 heavy (non-hydrogen) atoms. The Kier molecular flexibility index (Phi) is 6.23. The Hall–Kier alpha value is -2.60. The van der Waals surface area contributed by atoms with Gasteiger partial charge in [0.2, 0.25) is 11.8 Å². The highest BCUT2D eigenvalue weighted by Gasteiger charge is 2.15. The molecule has 4 aromatic heterocycles. The number of nitrogens with zero attached hydrogens (tertiary/aromatic N) is 8. The second-order valence-electron chi connectivity index (χ2n) is 6.36. The minimum Gasteiger partial charge on any atom is -0.480 e. The van der Waals surface area contributed by atoms with E-state index in [1.807, 2.05) is 21.9 Å². The summed E-state index contributed by atoms with van der Waals surface area (Å²) in [5, 5.41) is 11.9. The van der Waals surface area contributed by atoms with E-state index in [2.05, 4.69) is 30.1 Å². The van der Waals surface area contributed by atoms with Crippen LogP contribution in [0.1, 0.15) is 12.8 Å². The van der Waals surface area contributed by atoms with E-state index < -0.39 is 0 Å². The molecular weight excluding hydrogens is 424 g/mol. The molecule has 4 aromatic rings. The Morgan fingerprint density at radius 2 is 1.17 bits per heavy atom. The molecule has 12 heteroatoms. The van der Waals surface area contributed by atoms with Crippen molar-refractivity contribution in [2.45, 2.75) is 36.2 Å². The largest absolute Gasteiger partial charge is 0.480 e. The van der Waals surface area contributed by atoms with E-state index in [-0.39, 0.29) is 0 Å². The summed E-state index contributed by atoms with van der Waals surface area (Å²) in [6, 6.07) is 0. The average Bonchev–Trinajstić information content (AvgIpc) is 3.39. The van der Waals surface area contributed by atoms with E-state index in [9.17, 15) is 0 Å². The first-order valence-electron chi connectivity index (χ1n) is 9.31. The highest BCUT2D eigenvalue weighted by atomic mass is 32.2. The number of unbranched alkanes of at least 4 members (excludes halogenated alkanes) is 1. The molecule has 0 aliphatic rings. The number of aryl methyl sites for hydroxylation is 2. The monoisotopic (exact) mass is 446 g/mol. The zero-order chi connectivity index (χ0) is 21.1. The van der Waals surface area contributed by atoms with Gasteiger partial charge in [-0.2, -0.15) is 20.2 Å². The molecule has 0 spiro atoms. The van der Waals surface area contributed by atoms with Crippen molar-refractivity contribution in [3.63, 3.8) is 0 Å². The lowest BCUT2D eigenvalue weighted by atomic mass is 10.3. The lowest BCUT2D eigenvalue weighted by molar-refractivity contribution is 0.398. The van der Waals surface area contributed by atoms with Crippen LogP contribution < -0.4 is 9.47 Å². The van der Waals surface area contributed by atoms with Crippen LogP contribution in [0.25, 0.3) is 22.1 Å². The Labute approximate surface area is 181 Å². The zero-order valence-electron chi connectivity index (χ0n) is 17.2. The number of fused-ring (bicyclic) bond motifs is 2. The number of ether oxygens (including phenoxy) is 2. The summed E-state index contributed by atoms with van der Waals surface area (Å²) in [5.74, 6) is 1.11. The number of rotatable bonds is 9. The molecule has 0 atom stereocenters. The molecule has 0 saturated heterocycles. The van der Waals surface area contributed by atoms with Crippen LogP contribution in [0, 0.1) is 0 Å². The van der Waals surface area contributed by atoms with Crippen molar-refractivity contribution >= 4 is 45.6 Å². The average molecular weight is 447 g/mol. The molecule has 0 amide bonds. The Morgan fingerprint density at radius 3 is 1.53 bits per heavy atom. The lowest BCUT2D eigenvalue weighted by Crippen LogP contribution is -2.06. The van der Waals surface area contributed by atoms with E-state index in [4.69, 9.17) is 9.47 Å². The predicted octanol–water partition coefficient (Wildman–Crippen LogP) is 2.91. The maximum atomic E-state index is 5.38. The molecule has 0 aromatic carbocycles. The fourth-order valence-corrected chi connectivity index (χ4v) is 3.87. The quantitative estimate of drug-likeness (QED) is 0.216. The van der Waals surface area contributed by atoms with Gasteiger partial charge < -0.3 is 9.47 Å². The van der Waals surface area contributed by atoms with E-state index in [0.717, 1.165) is 48.0 Å². The highest BCUT2D eigenvalue weighted by molar-refractivity contribution is 7.98. The summed E-state index contributed by atoms with van der Waals surface area (Å²) in [5.41, 5.74) is 1.58. The SMILES string of the molecule is COc1nc(SC)nc2c1cnn2CCCCn1ncc2c(OC)nc(SC)nc21. The van der Waals surface area contributed by atoms with Crippen LogP contribution in [0.2, 0.25) is 0 Å². The van der Waals surface area contributed by atoms with Gasteiger partial charge in [0.25, 0.3) is 0 Å². The molecule has 158 valence electrons. The number of thioether (sulfide) groups is 2. The number of hydrogen-bond acceptors (Lipinski definition) is 10. The van der Waals surface area contributed by atoms with Crippen molar-refractivity contribution in [3.05, 3.63) is 12.4 Å². The van der Waals surface area contributed by atoms with E-state index >= 15 is 0 Å². The normalized spacial score (nSPS) is 11.5. The standard InChI is InChI=1S/C18H22N8O2S2/c1-27-15-11-9-19-25(13(11)21-17(23-15)29-3)7-5-6-8-26-14-12(10-20-26)16(28-2)24-18(22-14)30-4/h9-10H,5-8H2,1-4H3. The maximum absolute atomic E-state index is 5.38. The highest BCUT2D eigenvalue weighted by Crippen LogP contribution is 2.26. The van der Waals surface area contributed by atoms with Gasteiger partial charge in [0.05, 0.1) is 26.6 Å². The van der Waals surface area contributed by atoms with Crippen LogP contribution in [-0.4, -0.2) is 66.2 Å². The van der Waals surface area contributed by atoms with Gasteiger partial charge in [0, 0.05) is 13.1 Å². The summed E-state index contributed by atoms with van der Waals surface area (Å²) in [7, 11) is 3.22. The first kappa shape index (κ1) is 20.7. The first-order chi connectivity index (χ1) is 14.7. The predicted molar refractivity (Wildman–Crippen MR) is 117 cm³/mol. The molecule has 0 saturated carbocycles. The molecule has 0 bridgehead atoms. The fraction of sp³-hybridized carbons (Fsp3) is 0.444. The molecule has 4 heterocycles. The van der Waals surface area contributed by atoms with Crippen LogP contribution in [0.15, 0.2) is 22.7 Å². The number of aromatic nitrogens is 8. The van der Waals surface area contributed by atoms with Gasteiger partial charge in [0.1, 0.15) is 10.8 Å². The third-order valence-electron chi connectivity index (χ3n) is 4.62. The van der Waals surface area contributed by atoms with Gasteiger partial charge in [-0.3, -0.25) is 0 Å². The fourth-order valence-electron chi connectivity index (χ4n) is 3.16. The molecule has 0 aliphatic heterocycles. The van der Waals surface area contributed by atoms with Crippen LogP contribution in [0.3, 0.4) is 0 Å². The Morgan fingerprint density at radius 1 is 0.733 bits per heavy atom. The smallest absolute Gasteiger partial charge is 0.228 e. The van der Waals surface area contributed by atoms with E-state index in [1.54, 1.807) is 26.6 Å². The van der Waals surface area contributed by atoms with E-state index in [1.165, 1.54) is 23.5 Å². The van der Waals surface area contributed by atoms with Crippen molar-refractivity contribution in [3.8, 4) is 11.8 Å². The van der Waals surface area contributed by atoms with Crippen molar-refractivity contribution in [1.29, 1.82) is 0 Å². The Balaban J connectivity index is 1.47. The lowest BCUT2D eigenvalue weighted by Gasteiger charge is -2.07. The topological polar surface area (TPSA) is 106 Å². The summed E-state index contributed by atoms with van der Waals surface area (Å²) >= 11 is 2.96. The molecule has 10 nitrogen and oxygen atoms in total. The summed E-state index contributed by atoms with van der Waals surface area (Å²) in [6.45, 7) is 1.48. The second kappa shape index (κ2) is 9.04. The minimum absolute atomic E-state index is 0.553. The van der Waals surface area contributed by atoms with Gasteiger partial charge in [-0.1, -0.05) is 23.5 Å². The van der Waals surface area contributed by atoms with E-state index in [0.29, 0.717) is 22.1 Å². The molecule has 4 rings (SSSR count). The third-order valence-corrected chi connectivity index (χ3v) is 5.72. The number of hydrogen-bond donors (Lipinski definition) is 0. The van der Waals surface area contributed by atoms with Crippen LogP contribution in [-0.2, 0) is 13.1 Å². The van der Waals surface area contributed by atoms with Crippen LogP contribution in [0.5, 0.6) is 11.8 Å². The van der Waals surface area contributed by atoms with Crippen molar-refractivity contribution in [1.82, 2.24) is 39.5 Å². The van der Waals surface area contributed by atoms with Gasteiger partial charge in [-0.05, 0) is 25.4 Å². The van der Waals surface area contributed by atoms with Gasteiger partial charge >= 0.3 is 0 Å². The Bertz CT molecular complexity index is 1080. The minimum atomic E-state index is 0.553. The van der Waals surface area contributed by atoms with Crippen molar-refractivity contribution < 1.29 is 9.47 Å². The van der Waals surface area contributed by atoms with Gasteiger partial charge in [-0.15, -0.1) is 0 Å². The zero-order valence-corrected chi connectivity index (χ0v) is 18.8. The first-order valence-corrected chi connectivity index (χ1v) is 11.8. The molecular formula is C18H22N8O2S2. The number of methoxy groups -OCH3 is 2. The van der Waals surface area contributed by atoms with Crippen LogP contribution in [0.4, 0.5) is 0 Å². The molecule has 0 aliphatic carbocycles. The third kappa shape index (κ3) is 3.88. The maximum Gasteiger partial charge on any atom is 0.228 e. The van der Waals surface area contributed by atoms with Gasteiger partial charge in [-0.25, -0.2) is 19.3 Å². The van der Waals surface area contributed by atoms with Crippen LogP contribution >= 0.6 is 23.5 Å². The second-order valence-corrected chi connectivity index (χ2v) is 7.90. The molecule has 0 unspecified atom stereocenters. The van der Waals surface area contributed by atoms with Gasteiger partial charge in [0.15, 0.2) is 21.6 Å². The molecule has 0 radical (unpaired) electrons. The van der Waals surface area contributed by atoms with Crippen molar-refractivity contribution in [2.24, 2.45) is 0 Å². The molecule has 0 N–H and O–H groups in total. The molecule has 0 fully saturated rings. The van der Waals surface area contributed by atoms with Crippen molar-refractivity contribution in [2.75, 3.05) is 26.7 Å².